The van der Waals surface area contributed by atoms with E-state index in [-0.39, 0.29) is 12.7 Å². The lowest BCUT2D eigenvalue weighted by Gasteiger charge is -2.20. The Bertz CT molecular complexity index is 215. The second-order valence-electron chi connectivity index (χ2n) is 4.71. The second kappa shape index (κ2) is 5.85. The molecule has 0 bridgehead atoms. The number of hydrogen-bond donors (Lipinski definition) is 0. The highest BCUT2D eigenvalue weighted by Gasteiger charge is 2.26. The van der Waals surface area contributed by atoms with Crippen molar-refractivity contribution in [3.05, 3.63) is 0 Å². The molecule has 0 rings (SSSR count). The summed E-state index contributed by atoms with van der Waals surface area (Å²) in [5.41, 5.74) is -0.598. The lowest BCUT2D eigenvalue weighted by molar-refractivity contribution is -0.164. The fraction of sp³-hybridized carbons (Fsp3) is 0.818. The van der Waals surface area contributed by atoms with E-state index in [0.29, 0.717) is 6.29 Å². The zero-order chi connectivity index (χ0) is 12.1. The van der Waals surface area contributed by atoms with Crippen molar-refractivity contribution in [1.29, 1.82) is 0 Å². The number of esters is 1. The molecule has 0 heterocycles. The van der Waals surface area contributed by atoms with Gasteiger partial charge in [0.1, 0.15) is 0 Å². The third kappa shape index (κ3) is 6.23. The van der Waals surface area contributed by atoms with Crippen LogP contribution in [-0.2, 0) is 19.1 Å². The maximum atomic E-state index is 11.4. The predicted molar refractivity (Wildman–Crippen MR) is 56.5 cm³/mol. The van der Waals surface area contributed by atoms with E-state index in [1.165, 1.54) is 0 Å². The van der Waals surface area contributed by atoms with Crippen LogP contribution in [0.4, 0.5) is 0 Å². The van der Waals surface area contributed by atoms with Crippen molar-refractivity contribution < 1.29 is 19.1 Å². The van der Waals surface area contributed by atoms with E-state index in [2.05, 4.69) is 0 Å². The summed E-state index contributed by atoms with van der Waals surface area (Å²) in [4.78, 5) is 22.1. The molecule has 0 aliphatic carbocycles. The molecule has 0 aliphatic rings. The minimum absolute atomic E-state index is 0.0146. The van der Waals surface area contributed by atoms with Crippen molar-refractivity contribution >= 4 is 12.3 Å². The van der Waals surface area contributed by atoms with Gasteiger partial charge in [-0.15, -0.1) is 0 Å². The maximum absolute atomic E-state index is 11.4. The molecule has 88 valence electrons. The van der Waals surface area contributed by atoms with E-state index in [4.69, 9.17) is 9.47 Å². The summed E-state index contributed by atoms with van der Waals surface area (Å²) in [7, 11) is 0. The van der Waals surface area contributed by atoms with Gasteiger partial charge in [-0.25, -0.2) is 0 Å². The Morgan fingerprint density at radius 1 is 1.33 bits per heavy atom. The van der Waals surface area contributed by atoms with Crippen molar-refractivity contribution in [2.45, 2.75) is 46.8 Å². The van der Waals surface area contributed by atoms with Gasteiger partial charge in [0.05, 0.1) is 18.1 Å². The number of ether oxygens (including phenoxy) is 2. The summed E-state index contributed by atoms with van der Waals surface area (Å²) in [6.07, 6.45) is -0.202. The molecule has 0 saturated heterocycles. The Morgan fingerprint density at radius 3 is 2.20 bits per heavy atom. The molecule has 0 aliphatic heterocycles. The first-order chi connectivity index (χ1) is 6.77. The highest BCUT2D eigenvalue weighted by Crippen LogP contribution is 2.16. The number of rotatable bonds is 5. The fourth-order valence-electron chi connectivity index (χ4n) is 0.703. The molecule has 0 saturated carbocycles. The Morgan fingerprint density at radius 2 is 1.87 bits per heavy atom. The minimum atomic E-state index is -0.806. The monoisotopic (exact) mass is 216 g/mol. The van der Waals surface area contributed by atoms with Gasteiger partial charge in [-0.2, -0.15) is 0 Å². The lowest BCUT2D eigenvalue weighted by atomic mass is 9.97. The van der Waals surface area contributed by atoms with Crippen molar-refractivity contribution in [1.82, 2.24) is 0 Å². The van der Waals surface area contributed by atoms with E-state index in [0.717, 1.165) is 0 Å². The number of carbonyl (C=O) groups excluding carboxylic acids is 2. The van der Waals surface area contributed by atoms with E-state index in [1.807, 2.05) is 13.8 Å². The van der Waals surface area contributed by atoms with Crippen LogP contribution >= 0.6 is 0 Å². The first-order valence-electron chi connectivity index (χ1n) is 5.05. The van der Waals surface area contributed by atoms with E-state index >= 15 is 0 Å². The first-order valence-corrected chi connectivity index (χ1v) is 5.05. The van der Waals surface area contributed by atoms with Gasteiger partial charge in [0, 0.05) is 0 Å². The van der Waals surface area contributed by atoms with Crippen LogP contribution in [-0.4, -0.2) is 31.1 Å². The Hall–Kier alpha value is -0.900. The molecule has 0 N–H and O–H groups in total. The molecule has 0 spiro atoms. The molecular formula is C11H20O4. The van der Waals surface area contributed by atoms with Crippen LogP contribution < -0.4 is 0 Å². The van der Waals surface area contributed by atoms with Crippen molar-refractivity contribution in [2.24, 2.45) is 5.41 Å². The van der Waals surface area contributed by atoms with E-state index < -0.39 is 17.5 Å². The third-order valence-electron chi connectivity index (χ3n) is 1.62. The Kier molecular flexibility index (Phi) is 5.50. The lowest BCUT2D eigenvalue weighted by Crippen LogP contribution is -2.32. The number of carbonyl (C=O) groups is 2. The number of hydrogen-bond acceptors (Lipinski definition) is 4. The zero-order valence-electron chi connectivity index (χ0n) is 10.1. The highest BCUT2D eigenvalue weighted by atomic mass is 16.6. The summed E-state index contributed by atoms with van der Waals surface area (Å²) in [6, 6.07) is 0. The van der Waals surface area contributed by atoms with Gasteiger partial charge in [0.25, 0.3) is 0 Å². The zero-order valence-corrected chi connectivity index (χ0v) is 10.1. The second-order valence-corrected chi connectivity index (χ2v) is 4.71. The molecule has 0 aromatic heterocycles. The van der Waals surface area contributed by atoms with Gasteiger partial charge < -0.3 is 9.47 Å². The average molecular weight is 216 g/mol. The molecule has 0 aromatic rings. The molecule has 0 radical (unpaired) electrons. The molecule has 0 aromatic carbocycles. The van der Waals surface area contributed by atoms with Crippen LogP contribution in [0.1, 0.15) is 34.6 Å². The first kappa shape index (κ1) is 14.1. The van der Waals surface area contributed by atoms with Gasteiger partial charge >= 0.3 is 5.97 Å². The molecule has 15 heavy (non-hydrogen) atoms. The molecular weight excluding hydrogens is 196 g/mol. The summed E-state index contributed by atoms with van der Waals surface area (Å²) >= 11 is 0. The summed E-state index contributed by atoms with van der Waals surface area (Å²) in [5.74, 6) is -0.396. The normalized spacial score (nSPS) is 13.7. The van der Waals surface area contributed by atoms with Gasteiger partial charge in [-0.3, -0.25) is 9.59 Å². The predicted octanol–water partition coefficient (Wildman–Crippen LogP) is 1.57. The summed E-state index contributed by atoms with van der Waals surface area (Å²) in [5, 5.41) is 0. The van der Waals surface area contributed by atoms with Crippen LogP contribution in [0.25, 0.3) is 0 Å². The Balaban J connectivity index is 4.11. The van der Waals surface area contributed by atoms with Gasteiger partial charge in [0.2, 0.25) is 0 Å². The maximum Gasteiger partial charge on any atom is 0.312 e. The van der Waals surface area contributed by atoms with E-state index in [1.54, 1.807) is 20.8 Å². The van der Waals surface area contributed by atoms with Crippen LogP contribution in [0.2, 0.25) is 0 Å². The van der Waals surface area contributed by atoms with E-state index in [9.17, 15) is 9.59 Å². The van der Waals surface area contributed by atoms with Crippen molar-refractivity contribution in [2.75, 3.05) is 6.61 Å². The van der Waals surface area contributed by atoms with Crippen molar-refractivity contribution in [3.63, 3.8) is 0 Å². The molecule has 0 amide bonds. The molecule has 0 fully saturated rings. The fourth-order valence-corrected chi connectivity index (χ4v) is 0.703. The number of aldehydes is 1. The summed E-state index contributed by atoms with van der Waals surface area (Å²) in [6.45, 7) is 9.03. The van der Waals surface area contributed by atoms with Crippen molar-refractivity contribution in [3.8, 4) is 0 Å². The van der Waals surface area contributed by atoms with Crippen LogP contribution in [0, 0.1) is 5.41 Å². The van der Waals surface area contributed by atoms with Crippen LogP contribution in [0.15, 0.2) is 0 Å². The topological polar surface area (TPSA) is 52.6 Å². The van der Waals surface area contributed by atoms with Gasteiger partial charge in [-0.1, -0.05) is 0 Å². The van der Waals surface area contributed by atoms with Gasteiger partial charge in [-0.05, 0) is 34.6 Å². The molecule has 1 atom stereocenters. The van der Waals surface area contributed by atoms with Crippen LogP contribution in [0.5, 0.6) is 0 Å². The third-order valence-corrected chi connectivity index (χ3v) is 1.62. The quantitative estimate of drug-likeness (QED) is 0.517. The standard InChI is InChI=1S/C11H20O4/c1-8(2)14-7-9(6-12)15-10(13)11(3,4)5/h6,8-9H,7H2,1-5H3. The largest absolute Gasteiger partial charge is 0.452 e. The average Bonchev–Trinajstić information content (AvgIpc) is 2.09. The molecule has 4 heteroatoms. The minimum Gasteiger partial charge on any atom is -0.452 e. The molecule has 1 unspecified atom stereocenters. The molecule has 4 nitrogen and oxygen atoms in total. The van der Waals surface area contributed by atoms with Crippen LogP contribution in [0.3, 0.4) is 0 Å². The SMILES string of the molecule is CC(C)OCC(C=O)OC(=O)C(C)(C)C. The Labute approximate surface area is 90.9 Å². The van der Waals surface area contributed by atoms with Gasteiger partial charge in [0.15, 0.2) is 12.4 Å². The smallest absolute Gasteiger partial charge is 0.312 e. The highest BCUT2D eigenvalue weighted by molar-refractivity contribution is 5.77. The summed E-state index contributed by atoms with van der Waals surface area (Å²) < 4.78 is 10.2.